The van der Waals surface area contributed by atoms with Crippen LogP contribution in [0.5, 0.6) is 0 Å². The number of nitrogens with one attached hydrogen (secondary N) is 1. The molecule has 0 aliphatic heterocycles. The molecule has 0 heterocycles. The van der Waals surface area contributed by atoms with Crippen molar-refractivity contribution in [2.24, 2.45) is 0 Å². The molecule has 142 valence electrons. The van der Waals surface area contributed by atoms with Crippen LogP contribution in [-0.4, -0.2) is 28.9 Å². The van der Waals surface area contributed by atoms with Crippen LogP contribution >= 0.6 is 0 Å². The summed E-state index contributed by atoms with van der Waals surface area (Å²) in [5.41, 5.74) is 1.26. The SMILES string of the molecule is CC(=O)c1ccc(F)cc1-c1ccc(C(=O)NCC2(O)CCCCC2)cc1. The summed E-state index contributed by atoms with van der Waals surface area (Å²) in [6.45, 7) is 1.68. The molecule has 4 nitrogen and oxygen atoms in total. The fourth-order valence-electron chi connectivity index (χ4n) is 3.60. The van der Waals surface area contributed by atoms with Gasteiger partial charge in [0.15, 0.2) is 5.78 Å². The molecule has 0 aromatic heterocycles. The number of halogens is 1. The van der Waals surface area contributed by atoms with Gasteiger partial charge in [0, 0.05) is 17.7 Å². The first-order chi connectivity index (χ1) is 12.9. The van der Waals surface area contributed by atoms with Crippen molar-refractivity contribution < 1.29 is 19.1 Å². The Hall–Kier alpha value is -2.53. The number of hydrogen-bond acceptors (Lipinski definition) is 3. The molecule has 2 N–H and O–H groups in total. The van der Waals surface area contributed by atoms with Crippen molar-refractivity contribution >= 4 is 11.7 Å². The van der Waals surface area contributed by atoms with Crippen LogP contribution < -0.4 is 5.32 Å². The molecule has 1 aliphatic carbocycles. The van der Waals surface area contributed by atoms with Crippen molar-refractivity contribution in [3.63, 3.8) is 0 Å². The lowest BCUT2D eigenvalue weighted by molar-refractivity contribution is 0.00525. The van der Waals surface area contributed by atoms with E-state index in [1.165, 1.54) is 25.1 Å². The van der Waals surface area contributed by atoms with Gasteiger partial charge in [0.05, 0.1) is 5.60 Å². The monoisotopic (exact) mass is 369 g/mol. The van der Waals surface area contributed by atoms with E-state index >= 15 is 0 Å². The van der Waals surface area contributed by atoms with E-state index in [4.69, 9.17) is 0 Å². The second-order valence-corrected chi connectivity index (χ2v) is 7.29. The maximum atomic E-state index is 13.6. The molecular weight excluding hydrogens is 345 g/mol. The van der Waals surface area contributed by atoms with Crippen molar-refractivity contribution in [1.29, 1.82) is 0 Å². The molecule has 1 fully saturated rings. The summed E-state index contributed by atoms with van der Waals surface area (Å²) >= 11 is 0. The zero-order valence-electron chi connectivity index (χ0n) is 15.4. The number of carbonyl (C=O) groups is 2. The van der Waals surface area contributed by atoms with Gasteiger partial charge < -0.3 is 10.4 Å². The molecule has 0 saturated heterocycles. The molecule has 3 rings (SSSR count). The summed E-state index contributed by atoms with van der Waals surface area (Å²) in [5.74, 6) is -0.823. The Morgan fingerprint density at radius 3 is 2.37 bits per heavy atom. The largest absolute Gasteiger partial charge is 0.388 e. The minimum atomic E-state index is -0.814. The molecule has 1 saturated carbocycles. The molecule has 0 atom stereocenters. The number of carbonyl (C=O) groups excluding carboxylic acids is 2. The van der Waals surface area contributed by atoms with Crippen molar-refractivity contribution in [3.05, 3.63) is 59.4 Å². The van der Waals surface area contributed by atoms with Crippen LogP contribution in [0.25, 0.3) is 11.1 Å². The van der Waals surface area contributed by atoms with Gasteiger partial charge in [-0.2, -0.15) is 0 Å². The number of benzene rings is 2. The minimum Gasteiger partial charge on any atom is -0.388 e. The van der Waals surface area contributed by atoms with Gasteiger partial charge in [-0.15, -0.1) is 0 Å². The Morgan fingerprint density at radius 2 is 1.74 bits per heavy atom. The van der Waals surface area contributed by atoms with Gasteiger partial charge in [-0.25, -0.2) is 4.39 Å². The molecule has 5 heteroatoms. The Morgan fingerprint density at radius 1 is 1.07 bits per heavy atom. The first-order valence-electron chi connectivity index (χ1n) is 9.29. The lowest BCUT2D eigenvalue weighted by Crippen LogP contribution is -2.44. The van der Waals surface area contributed by atoms with E-state index in [-0.39, 0.29) is 18.2 Å². The number of ketones is 1. The van der Waals surface area contributed by atoms with Crippen molar-refractivity contribution in [3.8, 4) is 11.1 Å². The van der Waals surface area contributed by atoms with E-state index < -0.39 is 11.4 Å². The second-order valence-electron chi connectivity index (χ2n) is 7.29. The zero-order valence-corrected chi connectivity index (χ0v) is 15.4. The maximum absolute atomic E-state index is 13.6. The topological polar surface area (TPSA) is 66.4 Å². The first kappa shape index (κ1) is 19.2. The summed E-state index contributed by atoms with van der Waals surface area (Å²) in [4.78, 5) is 24.2. The average Bonchev–Trinajstić information content (AvgIpc) is 2.66. The lowest BCUT2D eigenvalue weighted by atomic mass is 9.85. The van der Waals surface area contributed by atoms with Gasteiger partial charge in [-0.3, -0.25) is 9.59 Å². The predicted molar refractivity (Wildman–Crippen MR) is 102 cm³/mol. The minimum absolute atomic E-state index is 0.146. The molecule has 1 amide bonds. The highest BCUT2D eigenvalue weighted by Gasteiger charge is 2.29. The Balaban J connectivity index is 1.73. The summed E-state index contributed by atoms with van der Waals surface area (Å²) in [6, 6.07) is 10.7. The van der Waals surface area contributed by atoms with Crippen LogP contribution in [0.4, 0.5) is 4.39 Å². The highest BCUT2D eigenvalue weighted by molar-refractivity contribution is 6.01. The van der Waals surface area contributed by atoms with Crippen LogP contribution in [0.2, 0.25) is 0 Å². The highest BCUT2D eigenvalue weighted by Crippen LogP contribution is 2.28. The first-order valence-corrected chi connectivity index (χ1v) is 9.29. The number of Topliss-reactive ketones (excluding diaryl/α,β-unsaturated/α-hetero) is 1. The van der Waals surface area contributed by atoms with Gasteiger partial charge in [0.1, 0.15) is 5.82 Å². The molecule has 2 aromatic carbocycles. The second kappa shape index (κ2) is 8.01. The van der Waals surface area contributed by atoms with Crippen LogP contribution in [-0.2, 0) is 0 Å². The smallest absolute Gasteiger partial charge is 0.251 e. The molecule has 27 heavy (non-hydrogen) atoms. The standard InChI is InChI=1S/C22H24FNO3/c1-15(25)19-10-9-18(23)13-20(19)16-5-7-17(8-6-16)21(26)24-14-22(27)11-3-2-4-12-22/h5-10,13,27H,2-4,11-12,14H2,1H3,(H,24,26). The summed E-state index contributed by atoms with van der Waals surface area (Å²) in [6.07, 6.45) is 4.50. The number of hydrogen-bond donors (Lipinski definition) is 2. The van der Waals surface area contributed by atoms with Gasteiger partial charge in [-0.1, -0.05) is 31.4 Å². The summed E-state index contributed by atoms with van der Waals surface area (Å²) < 4.78 is 13.6. The molecule has 1 aliphatic rings. The third kappa shape index (κ3) is 4.61. The van der Waals surface area contributed by atoms with E-state index in [9.17, 15) is 19.1 Å². The van der Waals surface area contributed by atoms with E-state index in [1.54, 1.807) is 24.3 Å². The number of aliphatic hydroxyl groups is 1. The van der Waals surface area contributed by atoms with Crippen molar-refractivity contribution in [1.82, 2.24) is 5.32 Å². The van der Waals surface area contributed by atoms with Gasteiger partial charge in [0.25, 0.3) is 5.91 Å². The third-order valence-corrected chi connectivity index (χ3v) is 5.18. The van der Waals surface area contributed by atoms with Gasteiger partial charge in [-0.05, 0) is 61.2 Å². The normalized spacial score (nSPS) is 16.0. The number of rotatable bonds is 5. The Bertz CT molecular complexity index is 839. The summed E-state index contributed by atoms with van der Waals surface area (Å²) in [7, 11) is 0. The van der Waals surface area contributed by atoms with E-state index in [0.29, 0.717) is 35.1 Å². The molecule has 0 unspecified atom stereocenters. The third-order valence-electron chi connectivity index (χ3n) is 5.18. The molecular formula is C22H24FNO3. The molecule has 0 bridgehead atoms. The average molecular weight is 369 g/mol. The van der Waals surface area contributed by atoms with E-state index in [0.717, 1.165) is 19.3 Å². The van der Waals surface area contributed by atoms with E-state index in [2.05, 4.69) is 5.32 Å². The number of amides is 1. The van der Waals surface area contributed by atoms with Crippen molar-refractivity contribution in [2.75, 3.05) is 6.54 Å². The molecule has 2 aromatic rings. The fourth-order valence-corrected chi connectivity index (χ4v) is 3.60. The Labute approximate surface area is 158 Å². The molecule has 0 spiro atoms. The predicted octanol–water partition coefficient (Wildman–Crippen LogP) is 4.12. The van der Waals surface area contributed by atoms with E-state index in [1.807, 2.05) is 0 Å². The molecule has 0 radical (unpaired) electrons. The zero-order chi connectivity index (χ0) is 19.4. The fraction of sp³-hybridized carbons (Fsp3) is 0.364. The van der Waals surface area contributed by atoms with Crippen molar-refractivity contribution in [2.45, 2.75) is 44.6 Å². The van der Waals surface area contributed by atoms with Gasteiger partial charge >= 0.3 is 0 Å². The lowest BCUT2D eigenvalue weighted by Gasteiger charge is -2.32. The maximum Gasteiger partial charge on any atom is 0.251 e. The van der Waals surface area contributed by atoms with Crippen LogP contribution in [0, 0.1) is 5.82 Å². The Kier molecular flexibility index (Phi) is 5.71. The van der Waals surface area contributed by atoms with Gasteiger partial charge in [0.2, 0.25) is 0 Å². The summed E-state index contributed by atoms with van der Waals surface area (Å²) in [5, 5.41) is 13.3. The van der Waals surface area contributed by atoms with Crippen LogP contribution in [0.3, 0.4) is 0 Å². The van der Waals surface area contributed by atoms with Crippen LogP contribution in [0.15, 0.2) is 42.5 Å². The quantitative estimate of drug-likeness (QED) is 0.779. The van der Waals surface area contributed by atoms with Crippen LogP contribution in [0.1, 0.15) is 59.7 Å². The highest BCUT2D eigenvalue weighted by atomic mass is 19.1.